The molecule has 26 heavy (non-hydrogen) atoms. The van der Waals surface area contributed by atoms with Crippen LogP contribution >= 0.6 is 0 Å². The number of rotatable bonds is 9. The number of ketones is 1. The maximum absolute atomic E-state index is 12.0. The minimum absolute atomic E-state index is 0.104. The summed E-state index contributed by atoms with van der Waals surface area (Å²) < 4.78 is 15.3. The second-order valence-electron chi connectivity index (χ2n) is 6.57. The lowest BCUT2D eigenvalue weighted by Gasteiger charge is -2.19. The molecule has 0 radical (unpaired) electrons. The number of carbonyl (C=O) groups is 3. The van der Waals surface area contributed by atoms with Gasteiger partial charge in [0.15, 0.2) is 12.4 Å². The number of carbonyl (C=O) groups excluding carboxylic acids is 3. The van der Waals surface area contributed by atoms with E-state index in [1.807, 2.05) is 6.92 Å². The van der Waals surface area contributed by atoms with E-state index in [-0.39, 0.29) is 25.4 Å². The fourth-order valence-corrected chi connectivity index (χ4v) is 1.94. The Morgan fingerprint density at radius 1 is 1.08 bits per heavy atom. The Bertz CT molecular complexity index is 603. The van der Waals surface area contributed by atoms with E-state index < -0.39 is 17.7 Å². The Morgan fingerprint density at radius 2 is 1.73 bits per heavy atom. The third-order valence-electron chi connectivity index (χ3n) is 3.08. The van der Waals surface area contributed by atoms with Crippen LogP contribution in [0.2, 0.25) is 0 Å². The van der Waals surface area contributed by atoms with Crippen molar-refractivity contribution in [3.63, 3.8) is 0 Å². The summed E-state index contributed by atoms with van der Waals surface area (Å²) in [5.74, 6) is -0.0953. The van der Waals surface area contributed by atoms with E-state index in [0.717, 1.165) is 0 Å². The molecule has 1 amide bonds. The molecule has 0 heterocycles. The van der Waals surface area contributed by atoms with Crippen LogP contribution in [0.3, 0.4) is 0 Å². The first-order valence-corrected chi connectivity index (χ1v) is 8.60. The quantitative estimate of drug-likeness (QED) is 0.411. The van der Waals surface area contributed by atoms with Crippen LogP contribution in [0.1, 0.15) is 50.9 Å². The molecule has 0 aliphatic carbocycles. The highest BCUT2D eigenvalue weighted by Gasteiger charge is 2.16. The largest absolute Gasteiger partial charge is 0.494 e. The molecule has 1 aromatic carbocycles. The van der Waals surface area contributed by atoms with Crippen molar-refractivity contribution in [2.45, 2.75) is 46.1 Å². The molecule has 0 saturated heterocycles. The Balaban J connectivity index is 2.23. The number of alkyl carbamates (subject to hydrolysis) is 1. The molecule has 0 spiro atoms. The van der Waals surface area contributed by atoms with Gasteiger partial charge in [0.2, 0.25) is 0 Å². The highest BCUT2D eigenvalue weighted by atomic mass is 16.6. The molecule has 7 nitrogen and oxygen atoms in total. The number of hydrogen-bond donors (Lipinski definition) is 1. The van der Waals surface area contributed by atoms with Gasteiger partial charge in [-0.05, 0) is 58.4 Å². The molecular weight excluding hydrogens is 338 g/mol. The van der Waals surface area contributed by atoms with Crippen molar-refractivity contribution in [3.8, 4) is 5.75 Å². The molecule has 0 saturated carbocycles. The summed E-state index contributed by atoms with van der Waals surface area (Å²) in [6, 6.07) is 6.65. The SMILES string of the molecule is CCOc1ccc(C(=O)COC(=O)CCCNC(=O)OC(C)(C)C)cc1. The van der Waals surface area contributed by atoms with Crippen LogP contribution < -0.4 is 10.1 Å². The zero-order valence-corrected chi connectivity index (χ0v) is 15.8. The molecule has 1 N–H and O–H groups in total. The molecular formula is C19H27NO6. The van der Waals surface area contributed by atoms with Gasteiger partial charge in [-0.2, -0.15) is 0 Å². The third kappa shape index (κ3) is 9.05. The first kappa shape index (κ1) is 21.5. The van der Waals surface area contributed by atoms with Crippen LogP contribution in [0.5, 0.6) is 5.75 Å². The van der Waals surface area contributed by atoms with Crippen molar-refractivity contribution < 1.29 is 28.6 Å². The fourth-order valence-electron chi connectivity index (χ4n) is 1.94. The third-order valence-corrected chi connectivity index (χ3v) is 3.08. The van der Waals surface area contributed by atoms with Crippen LogP contribution in [-0.2, 0) is 14.3 Å². The van der Waals surface area contributed by atoms with Gasteiger partial charge in [0.1, 0.15) is 11.4 Å². The minimum atomic E-state index is -0.565. The monoisotopic (exact) mass is 365 g/mol. The lowest BCUT2D eigenvalue weighted by atomic mass is 10.1. The van der Waals surface area contributed by atoms with Crippen molar-refractivity contribution in [2.75, 3.05) is 19.8 Å². The second kappa shape index (κ2) is 10.4. The topological polar surface area (TPSA) is 90.9 Å². The first-order valence-electron chi connectivity index (χ1n) is 8.60. The second-order valence-corrected chi connectivity index (χ2v) is 6.57. The Morgan fingerprint density at radius 3 is 2.31 bits per heavy atom. The summed E-state index contributed by atoms with van der Waals surface area (Å²) in [6.07, 6.45) is -0.0293. The Labute approximate surface area is 154 Å². The van der Waals surface area contributed by atoms with Gasteiger partial charge >= 0.3 is 12.1 Å². The van der Waals surface area contributed by atoms with Crippen molar-refractivity contribution in [3.05, 3.63) is 29.8 Å². The number of ether oxygens (including phenoxy) is 3. The van der Waals surface area contributed by atoms with Gasteiger partial charge in [-0.1, -0.05) is 0 Å². The summed E-state index contributed by atoms with van der Waals surface area (Å²) in [5, 5.41) is 2.55. The summed E-state index contributed by atoms with van der Waals surface area (Å²) >= 11 is 0. The first-order chi connectivity index (χ1) is 12.2. The van der Waals surface area contributed by atoms with E-state index in [4.69, 9.17) is 14.2 Å². The predicted molar refractivity (Wildman–Crippen MR) is 96.4 cm³/mol. The van der Waals surface area contributed by atoms with Crippen molar-refractivity contribution >= 4 is 17.8 Å². The molecule has 0 bridgehead atoms. The van der Waals surface area contributed by atoms with Crippen molar-refractivity contribution in [1.29, 1.82) is 0 Å². The highest BCUT2D eigenvalue weighted by Crippen LogP contribution is 2.12. The van der Waals surface area contributed by atoms with Gasteiger partial charge in [-0.25, -0.2) is 4.79 Å². The van der Waals surface area contributed by atoms with Gasteiger partial charge in [0, 0.05) is 18.5 Å². The standard InChI is InChI=1S/C19H27NO6/c1-5-24-15-10-8-14(9-11-15)16(21)13-25-17(22)7-6-12-20-18(23)26-19(2,3)4/h8-11H,5-7,12-13H2,1-4H3,(H,20,23). The molecule has 0 aliphatic rings. The van der Waals surface area contributed by atoms with Gasteiger partial charge < -0.3 is 19.5 Å². The van der Waals surface area contributed by atoms with Crippen LogP contribution in [0, 0.1) is 0 Å². The van der Waals surface area contributed by atoms with Crippen molar-refractivity contribution in [1.82, 2.24) is 5.32 Å². The van der Waals surface area contributed by atoms with Crippen LogP contribution in [-0.4, -0.2) is 43.2 Å². The van der Waals surface area contributed by atoms with Crippen LogP contribution in [0.4, 0.5) is 4.79 Å². The van der Waals surface area contributed by atoms with E-state index in [1.165, 1.54) is 0 Å². The number of amides is 1. The predicted octanol–water partition coefficient (Wildman–Crippen LogP) is 3.12. The van der Waals surface area contributed by atoms with Crippen LogP contribution in [0.15, 0.2) is 24.3 Å². The number of Topliss-reactive ketones (excluding diaryl/α,β-unsaturated/α-hetero) is 1. The van der Waals surface area contributed by atoms with Gasteiger partial charge in [0.25, 0.3) is 0 Å². The van der Waals surface area contributed by atoms with Gasteiger partial charge in [-0.15, -0.1) is 0 Å². The van der Waals surface area contributed by atoms with Crippen molar-refractivity contribution in [2.24, 2.45) is 0 Å². The summed E-state index contributed by atoms with van der Waals surface area (Å²) in [4.78, 5) is 35.1. The molecule has 144 valence electrons. The zero-order chi connectivity index (χ0) is 19.6. The number of nitrogens with one attached hydrogen (secondary N) is 1. The van der Waals surface area contributed by atoms with E-state index >= 15 is 0 Å². The average molecular weight is 365 g/mol. The smallest absolute Gasteiger partial charge is 0.407 e. The lowest BCUT2D eigenvalue weighted by Crippen LogP contribution is -2.33. The maximum Gasteiger partial charge on any atom is 0.407 e. The van der Waals surface area contributed by atoms with Crippen LogP contribution in [0.25, 0.3) is 0 Å². The number of hydrogen-bond acceptors (Lipinski definition) is 6. The minimum Gasteiger partial charge on any atom is -0.494 e. The molecule has 0 aromatic heterocycles. The van der Waals surface area contributed by atoms with E-state index in [1.54, 1.807) is 45.0 Å². The summed E-state index contributed by atoms with van der Waals surface area (Å²) in [5.41, 5.74) is -0.114. The van der Waals surface area contributed by atoms with Gasteiger partial charge in [-0.3, -0.25) is 9.59 Å². The molecule has 0 fully saturated rings. The number of benzene rings is 1. The molecule has 1 rings (SSSR count). The Hall–Kier alpha value is -2.57. The molecule has 0 aliphatic heterocycles. The summed E-state index contributed by atoms with van der Waals surface area (Å²) in [7, 11) is 0. The number of esters is 1. The molecule has 0 atom stereocenters. The van der Waals surface area contributed by atoms with E-state index in [9.17, 15) is 14.4 Å². The zero-order valence-electron chi connectivity index (χ0n) is 15.8. The lowest BCUT2D eigenvalue weighted by molar-refractivity contribution is -0.142. The maximum atomic E-state index is 12.0. The fraction of sp³-hybridized carbons (Fsp3) is 0.526. The normalized spacial score (nSPS) is 10.8. The average Bonchev–Trinajstić information content (AvgIpc) is 2.56. The van der Waals surface area contributed by atoms with E-state index in [0.29, 0.717) is 24.3 Å². The summed E-state index contributed by atoms with van der Waals surface area (Å²) in [6.45, 7) is 7.71. The van der Waals surface area contributed by atoms with E-state index in [2.05, 4.69) is 5.32 Å². The highest BCUT2D eigenvalue weighted by molar-refractivity contribution is 5.98. The Kier molecular flexibility index (Phi) is 8.61. The molecule has 0 unspecified atom stereocenters. The van der Waals surface area contributed by atoms with Gasteiger partial charge in [0.05, 0.1) is 6.61 Å². The molecule has 1 aromatic rings. The molecule has 7 heteroatoms.